The predicted molar refractivity (Wildman–Crippen MR) is 126 cm³/mol. The summed E-state index contributed by atoms with van der Waals surface area (Å²) >= 11 is 0. The maximum Gasteiger partial charge on any atom is 0.264 e. The fourth-order valence-electron chi connectivity index (χ4n) is 4.64. The van der Waals surface area contributed by atoms with Crippen molar-refractivity contribution in [3.63, 3.8) is 0 Å². The third kappa shape index (κ3) is 3.91. The van der Waals surface area contributed by atoms with E-state index in [-0.39, 0.29) is 16.2 Å². The number of sulfonamides is 1. The molecule has 0 unspecified atom stereocenters. The molecule has 4 aromatic rings. The summed E-state index contributed by atoms with van der Waals surface area (Å²) in [5.41, 5.74) is 2.21. The van der Waals surface area contributed by atoms with Gasteiger partial charge < -0.3 is 14.6 Å². The van der Waals surface area contributed by atoms with Crippen LogP contribution in [-0.2, 0) is 17.1 Å². The number of nitrogens with zero attached hydrogens (tertiary/aromatic N) is 5. The van der Waals surface area contributed by atoms with E-state index in [2.05, 4.69) is 38.9 Å². The molecular weight excluding hydrogens is 445 g/mol. The third-order valence-corrected chi connectivity index (χ3v) is 7.21. The topological polar surface area (TPSA) is 96.6 Å². The van der Waals surface area contributed by atoms with Crippen LogP contribution in [0.1, 0.15) is 19.5 Å². The zero-order valence-corrected chi connectivity index (χ0v) is 19.7. The van der Waals surface area contributed by atoms with Crippen LogP contribution in [0.15, 0.2) is 41.7 Å². The monoisotopic (exact) mass is 471 g/mol. The van der Waals surface area contributed by atoms with Gasteiger partial charge in [-0.05, 0) is 32.9 Å². The van der Waals surface area contributed by atoms with E-state index in [0.29, 0.717) is 23.3 Å². The highest BCUT2D eigenvalue weighted by Crippen LogP contribution is 2.33. The van der Waals surface area contributed by atoms with Gasteiger partial charge in [-0.1, -0.05) is 0 Å². The molecule has 1 aliphatic heterocycles. The van der Waals surface area contributed by atoms with Gasteiger partial charge in [0.25, 0.3) is 10.0 Å². The SMILES string of the molecule is Cc1cn2cc(NS(=O)(=O)c3ccc(N4C[C@@H](C)N[C@@H](C)C4)c4cn(C)nc34)cc(F)c2n1. The lowest BCUT2D eigenvalue weighted by Crippen LogP contribution is -2.54. The molecule has 0 amide bonds. The first kappa shape index (κ1) is 21.7. The van der Waals surface area contributed by atoms with E-state index in [0.717, 1.165) is 30.2 Å². The molecule has 4 heterocycles. The Hall–Kier alpha value is -3.18. The lowest BCUT2D eigenvalue weighted by atomic mass is 10.1. The van der Waals surface area contributed by atoms with E-state index in [9.17, 15) is 12.8 Å². The smallest absolute Gasteiger partial charge is 0.264 e. The Labute approximate surface area is 191 Å². The fourth-order valence-corrected chi connectivity index (χ4v) is 5.83. The van der Waals surface area contributed by atoms with Gasteiger partial charge in [0, 0.05) is 68.0 Å². The number of piperazine rings is 1. The average Bonchev–Trinajstić information content (AvgIpc) is 3.27. The Bertz CT molecular complexity index is 1470. The van der Waals surface area contributed by atoms with Crippen molar-refractivity contribution < 1.29 is 12.8 Å². The third-order valence-electron chi connectivity index (χ3n) is 5.80. The van der Waals surface area contributed by atoms with E-state index in [1.165, 1.54) is 10.6 Å². The highest BCUT2D eigenvalue weighted by molar-refractivity contribution is 7.93. The van der Waals surface area contributed by atoms with Crippen LogP contribution in [-0.4, -0.2) is 52.8 Å². The number of fused-ring (bicyclic) bond motifs is 2. The molecule has 0 bridgehead atoms. The molecule has 1 fully saturated rings. The first-order chi connectivity index (χ1) is 15.6. The molecule has 2 atom stereocenters. The quantitative estimate of drug-likeness (QED) is 0.475. The summed E-state index contributed by atoms with van der Waals surface area (Å²) in [6, 6.07) is 5.14. The van der Waals surface area contributed by atoms with Gasteiger partial charge in [0.1, 0.15) is 10.4 Å². The molecule has 1 aromatic carbocycles. The summed E-state index contributed by atoms with van der Waals surface area (Å²) in [5.74, 6) is -0.608. The Morgan fingerprint density at radius 3 is 2.61 bits per heavy atom. The number of imidazole rings is 1. The molecule has 0 aliphatic carbocycles. The second-order valence-electron chi connectivity index (χ2n) is 8.82. The number of halogens is 1. The second-order valence-corrected chi connectivity index (χ2v) is 10.5. The van der Waals surface area contributed by atoms with E-state index in [1.54, 1.807) is 30.9 Å². The number of pyridine rings is 1. The van der Waals surface area contributed by atoms with Gasteiger partial charge in [-0.2, -0.15) is 5.10 Å². The summed E-state index contributed by atoms with van der Waals surface area (Å²) in [5, 5.41) is 8.72. The molecule has 33 heavy (non-hydrogen) atoms. The van der Waals surface area contributed by atoms with E-state index in [4.69, 9.17) is 0 Å². The van der Waals surface area contributed by atoms with Crippen LogP contribution in [0.25, 0.3) is 16.6 Å². The summed E-state index contributed by atoms with van der Waals surface area (Å²) < 4.78 is 46.7. The van der Waals surface area contributed by atoms with E-state index in [1.807, 2.05) is 12.3 Å². The number of benzene rings is 1. The van der Waals surface area contributed by atoms with Crippen molar-refractivity contribution in [2.75, 3.05) is 22.7 Å². The highest BCUT2D eigenvalue weighted by Gasteiger charge is 2.27. The lowest BCUT2D eigenvalue weighted by molar-refractivity contribution is 0.407. The van der Waals surface area contributed by atoms with Crippen LogP contribution in [0.2, 0.25) is 0 Å². The Morgan fingerprint density at radius 2 is 1.88 bits per heavy atom. The maximum absolute atomic E-state index is 14.5. The molecule has 11 heteroatoms. The lowest BCUT2D eigenvalue weighted by Gasteiger charge is -2.38. The minimum absolute atomic E-state index is 0.0420. The first-order valence-electron chi connectivity index (χ1n) is 10.8. The normalized spacial score (nSPS) is 19.5. The number of hydrogen-bond acceptors (Lipinski definition) is 6. The summed E-state index contributed by atoms with van der Waals surface area (Å²) in [6.07, 6.45) is 4.97. The Kier molecular flexibility index (Phi) is 5.05. The van der Waals surface area contributed by atoms with Gasteiger partial charge in [-0.25, -0.2) is 17.8 Å². The molecule has 3 aromatic heterocycles. The highest BCUT2D eigenvalue weighted by atomic mass is 32.2. The van der Waals surface area contributed by atoms with Crippen molar-refractivity contribution in [2.24, 2.45) is 7.05 Å². The number of rotatable bonds is 4. The van der Waals surface area contributed by atoms with Gasteiger partial charge in [-0.3, -0.25) is 9.40 Å². The van der Waals surface area contributed by atoms with E-state index >= 15 is 0 Å². The fraction of sp³-hybridized carbons (Fsp3) is 0.364. The van der Waals surface area contributed by atoms with Crippen molar-refractivity contribution in [3.05, 3.63) is 48.3 Å². The predicted octanol–water partition coefficient (Wildman–Crippen LogP) is 2.66. The molecule has 0 saturated carbocycles. The molecule has 0 spiro atoms. The van der Waals surface area contributed by atoms with Crippen LogP contribution < -0.4 is 14.9 Å². The average molecular weight is 472 g/mol. The zero-order chi connectivity index (χ0) is 23.5. The maximum atomic E-state index is 14.5. The van der Waals surface area contributed by atoms with Crippen molar-refractivity contribution in [3.8, 4) is 0 Å². The Balaban J connectivity index is 1.56. The number of nitrogens with one attached hydrogen (secondary N) is 2. The van der Waals surface area contributed by atoms with Crippen LogP contribution in [0.4, 0.5) is 15.8 Å². The molecule has 5 rings (SSSR count). The molecule has 174 valence electrons. The molecule has 0 radical (unpaired) electrons. The van der Waals surface area contributed by atoms with Crippen LogP contribution in [0.5, 0.6) is 0 Å². The van der Waals surface area contributed by atoms with Crippen molar-refractivity contribution in [1.82, 2.24) is 24.5 Å². The van der Waals surface area contributed by atoms with Gasteiger partial charge >= 0.3 is 0 Å². The summed E-state index contributed by atoms with van der Waals surface area (Å²) in [4.78, 5) is 6.40. The van der Waals surface area contributed by atoms with Crippen molar-refractivity contribution in [2.45, 2.75) is 37.8 Å². The van der Waals surface area contributed by atoms with Crippen LogP contribution in [0, 0.1) is 12.7 Å². The van der Waals surface area contributed by atoms with Gasteiger partial charge in [0.2, 0.25) is 0 Å². The number of anilines is 2. The zero-order valence-electron chi connectivity index (χ0n) is 18.9. The van der Waals surface area contributed by atoms with Gasteiger partial charge in [0.15, 0.2) is 11.5 Å². The van der Waals surface area contributed by atoms with Gasteiger partial charge in [-0.15, -0.1) is 0 Å². The number of aromatic nitrogens is 4. The number of aryl methyl sites for hydroxylation is 2. The van der Waals surface area contributed by atoms with Crippen molar-refractivity contribution in [1.29, 1.82) is 0 Å². The van der Waals surface area contributed by atoms with E-state index < -0.39 is 15.8 Å². The van der Waals surface area contributed by atoms with Crippen LogP contribution >= 0.6 is 0 Å². The molecule has 9 nitrogen and oxygen atoms in total. The Morgan fingerprint density at radius 1 is 1.15 bits per heavy atom. The first-order valence-corrected chi connectivity index (χ1v) is 12.2. The summed E-state index contributed by atoms with van der Waals surface area (Å²) in [7, 11) is -2.27. The van der Waals surface area contributed by atoms with Gasteiger partial charge in [0.05, 0.1) is 11.4 Å². The van der Waals surface area contributed by atoms with Crippen molar-refractivity contribution >= 4 is 37.9 Å². The second kappa shape index (κ2) is 7.70. The molecule has 1 aliphatic rings. The minimum atomic E-state index is -4.03. The van der Waals surface area contributed by atoms with Crippen LogP contribution in [0.3, 0.4) is 0 Å². The molecular formula is C22H26FN7O2S. The number of hydrogen-bond donors (Lipinski definition) is 2. The minimum Gasteiger partial charge on any atom is -0.368 e. The largest absolute Gasteiger partial charge is 0.368 e. The summed E-state index contributed by atoms with van der Waals surface area (Å²) in [6.45, 7) is 7.62. The molecule has 1 saturated heterocycles. The standard InChI is InChI=1S/C22H26FN7O2S/c1-13-8-29(9-14(2)24-13)19-5-6-20(21-17(19)12-28(4)26-21)33(31,32)27-16-7-18(23)22-25-15(3)10-30(22)11-16/h5-7,10-14,24,27H,8-9H2,1-4H3/t13-,14+. The molecule has 2 N–H and O–H groups in total.